The van der Waals surface area contributed by atoms with Gasteiger partial charge in [-0.1, -0.05) is 25.2 Å². The van der Waals surface area contributed by atoms with Crippen LogP contribution < -0.4 is 5.32 Å². The fourth-order valence-electron chi connectivity index (χ4n) is 1.20. The first-order valence-corrected chi connectivity index (χ1v) is 5.85. The summed E-state index contributed by atoms with van der Waals surface area (Å²) in [5.41, 5.74) is 0. The van der Waals surface area contributed by atoms with E-state index in [0.29, 0.717) is 5.92 Å². The summed E-state index contributed by atoms with van der Waals surface area (Å²) in [6, 6.07) is 3.41. The molecule has 4 nitrogen and oxygen atoms in total. The van der Waals surface area contributed by atoms with E-state index in [0.717, 1.165) is 24.4 Å². The van der Waals surface area contributed by atoms with Gasteiger partial charge in [-0.3, -0.25) is 10.1 Å². The lowest BCUT2D eigenvalue weighted by Crippen LogP contribution is -2.21. The Hall–Kier alpha value is -0.940. The molecule has 0 saturated heterocycles. The summed E-state index contributed by atoms with van der Waals surface area (Å²) < 4.78 is 0. The highest BCUT2D eigenvalue weighted by Crippen LogP contribution is 2.23. The predicted molar refractivity (Wildman–Crippen MR) is 62.4 cm³/mol. The summed E-state index contributed by atoms with van der Waals surface area (Å²) in [7, 11) is 0. The van der Waals surface area contributed by atoms with Crippen LogP contribution in [0.4, 0.5) is 5.00 Å². The summed E-state index contributed by atoms with van der Waals surface area (Å²) in [6.07, 6.45) is 0.866. The molecule has 0 atom stereocenters. The molecule has 1 N–H and O–H groups in total. The molecule has 0 aliphatic heterocycles. The van der Waals surface area contributed by atoms with Crippen molar-refractivity contribution in [1.29, 1.82) is 0 Å². The van der Waals surface area contributed by atoms with E-state index < -0.39 is 0 Å². The van der Waals surface area contributed by atoms with Gasteiger partial charge >= 0.3 is 5.00 Å². The number of nitrogens with zero attached hydrogens (tertiary/aromatic N) is 1. The molecule has 1 rings (SSSR count). The van der Waals surface area contributed by atoms with Crippen LogP contribution in [0.5, 0.6) is 0 Å². The fraction of sp³-hybridized carbons (Fsp3) is 0.600. The maximum absolute atomic E-state index is 10.4. The highest BCUT2D eigenvalue weighted by molar-refractivity contribution is 7.15. The Morgan fingerprint density at radius 2 is 2.27 bits per heavy atom. The molecule has 5 heteroatoms. The minimum absolute atomic E-state index is 0.230. The van der Waals surface area contributed by atoms with Crippen LogP contribution in [0.2, 0.25) is 0 Å². The van der Waals surface area contributed by atoms with Crippen LogP contribution in [0.25, 0.3) is 0 Å². The Bertz CT molecular complexity index is 323. The summed E-state index contributed by atoms with van der Waals surface area (Å²) in [5, 5.41) is 14.0. The Balaban J connectivity index is 2.29. The van der Waals surface area contributed by atoms with Crippen molar-refractivity contribution in [2.75, 3.05) is 13.1 Å². The first-order chi connectivity index (χ1) is 7.09. The summed E-state index contributed by atoms with van der Waals surface area (Å²) >= 11 is 1.26. The van der Waals surface area contributed by atoms with Gasteiger partial charge in [0.1, 0.15) is 0 Å². The minimum Gasteiger partial charge on any atom is -0.316 e. The van der Waals surface area contributed by atoms with Crippen molar-refractivity contribution in [3.8, 4) is 0 Å². The molecule has 0 fully saturated rings. The summed E-state index contributed by atoms with van der Waals surface area (Å²) in [6.45, 7) is 6.19. The Kier molecular flexibility index (Phi) is 4.71. The lowest BCUT2D eigenvalue weighted by atomic mass is 10.2. The second kappa shape index (κ2) is 5.82. The molecular formula is C10H16N2O2S. The molecule has 0 unspecified atom stereocenters. The van der Waals surface area contributed by atoms with E-state index >= 15 is 0 Å². The first kappa shape index (κ1) is 12.1. The first-order valence-electron chi connectivity index (χ1n) is 5.03. The van der Waals surface area contributed by atoms with E-state index in [1.807, 2.05) is 6.07 Å². The lowest BCUT2D eigenvalue weighted by Gasteiger charge is -2.05. The lowest BCUT2D eigenvalue weighted by molar-refractivity contribution is -0.380. The van der Waals surface area contributed by atoms with Gasteiger partial charge in [-0.05, 0) is 31.5 Å². The summed E-state index contributed by atoms with van der Waals surface area (Å²) in [5.74, 6) is 0.641. The summed E-state index contributed by atoms with van der Waals surface area (Å²) in [4.78, 5) is 11.2. The number of nitrogens with one attached hydrogen (secondary N) is 1. The van der Waals surface area contributed by atoms with Gasteiger partial charge in [0.05, 0.1) is 4.92 Å². The Morgan fingerprint density at radius 3 is 2.80 bits per heavy atom. The van der Waals surface area contributed by atoms with Gasteiger partial charge in [0, 0.05) is 10.9 Å². The van der Waals surface area contributed by atoms with Crippen molar-refractivity contribution in [2.24, 2.45) is 5.92 Å². The van der Waals surface area contributed by atoms with Crippen LogP contribution in [0, 0.1) is 16.0 Å². The Labute approximate surface area is 93.5 Å². The normalized spacial score (nSPS) is 10.9. The second-order valence-electron chi connectivity index (χ2n) is 3.85. The van der Waals surface area contributed by atoms with Crippen LogP contribution in [0.1, 0.15) is 18.7 Å². The third kappa shape index (κ3) is 4.40. The molecule has 0 amide bonds. The van der Waals surface area contributed by atoms with Gasteiger partial charge in [0.15, 0.2) is 0 Å². The van der Waals surface area contributed by atoms with E-state index in [-0.39, 0.29) is 9.92 Å². The molecule has 0 bridgehead atoms. The standard InChI is InChI=1S/C10H16N2O2S/c1-8(2)7-11-6-5-9-3-4-10(15-9)12(13)14/h3-4,8,11H,5-7H2,1-2H3. The quantitative estimate of drug-likeness (QED) is 0.462. The monoisotopic (exact) mass is 228 g/mol. The van der Waals surface area contributed by atoms with Crippen molar-refractivity contribution < 1.29 is 4.92 Å². The number of hydrogen-bond donors (Lipinski definition) is 1. The molecule has 84 valence electrons. The van der Waals surface area contributed by atoms with Crippen molar-refractivity contribution in [2.45, 2.75) is 20.3 Å². The average molecular weight is 228 g/mol. The van der Waals surface area contributed by atoms with Gasteiger partial charge in [0.25, 0.3) is 0 Å². The topological polar surface area (TPSA) is 55.2 Å². The molecule has 1 heterocycles. The van der Waals surface area contributed by atoms with E-state index in [1.54, 1.807) is 6.07 Å². The van der Waals surface area contributed by atoms with Crippen LogP contribution in [-0.2, 0) is 6.42 Å². The van der Waals surface area contributed by atoms with Crippen LogP contribution >= 0.6 is 11.3 Å². The van der Waals surface area contributed by atoms with E-state index in [1.165, 1.54) is 11.3 Å². The molecule has 1 aromatic heterocycles. The highest BCUT2D eigenvalue weighted by atomic mass is 32.1. The highest BCUT2D eigenvalue weighted by Gasteiger charge is 2.08. The van der Waals surface area contributed by atoms with E-state index in [4.69, 9.17) is 0 Å². The molecule has 1 aromatic rings. The molecule has 0 aromatic carbocycles. The molecule has 0 radical (unpaired) electrons. The third-order valence-corrected chi connectivity index (χ3v) is 3.02. The van der Waals surface area contributed by atoms with Crippen molar-refractivity contribution in [3.63, 3.8) is 0 Å². The van der Waals surface area contributed by atoms with Crippen LogP contribution in [-0.4, -0.2) is 18.0 Å². The smallest absolute Gasteiger partial charge is 0.316 e. The third-order valence-electron chi connectivity index (χ3n) is 1.93. The van der Waals surface area contributed by atoms with Crippen molar-refractivity contribution in [3.05, 3.63) is 27.1 Å². The molecular weight excluding hydrogens is 212 g/mol. The zero-order valence-corrected chi connectivity index (χ0v) is 9.84. The Morgan fingerprint density at radius 1 is 1.53 bits per heavy atom. The van der Waals surface area contributed by atoms with Gasteiger partial charge < -0.3 is 5.32 Å². The van der Waals surface area contributed by atoms with E-state index in [2.05, 4.69) is 19.2 Å². The van der Waals surface area contributed by atoms with Crippen molar-refractivity contribution in [1.82, 2.24) is 5.32 Å². The van der Waals surface area contributed by atoms with E-state index in [9.17, 15) is 10.1 Å². The maximum Gasteiger partial charge on any atom is 0.324 e. The molecule has 15 heavy (non-hydrogen) atoms. The molecule has 0 spiro atoms. The van der Waals surface area contributed by atoms with Crippen molar-refractivity contribution >= 4 is 16.3 Å². The van der Waals surface area contributed by atoms with Crippen LogP contribution in [0.3, 0.4) is 0 Å². The zero-order valence-electron chi connectivity index (χ0n) is 9.03. The largest absolute Gasteiger partial charge is 0.324 e. The predicted octanol–water partition coefficient (Wildman–Crippen LogP) is 2.44. The molecule has 0 aliphatic rings. The fourth-order valence-corrected chi connectivity index (χ4v) is 2.02. The zero-order chi connectivity index (χ0) is 11.3. The number of nitro groups is 1. The molecule has 0 aliphatic carbocycles. The number of thiophene rings is 1. The second-order valence-corrected chi connectivity index (χ2v) is 4.99. The molecule has 0 saturated carbocycles. The number of rotatable bonds is 6. The van der Waals surface area contributed by atoms with Gasteiger partial charge in [-0.25, -0.2) is 0 Å². The maximum atomic E-state index is 10.4. The van der Waals surface area contributed by atoms with Gasteiger partial charge in [-0.15, -0.1) is 0 Å². The van der Waals surface area contributed by atoms with Gasteiger partial charge in [0.2, 0.25) is 0 Å². The number of hydrogen-bond acceptors (Lipinski definition) is 4. The average Bonchev–Trinajstić information content (AvgIpc) is 2.60. The van der Waals surface area contributed by atoms with Gasteiger partial charge in [-0.2, -0.15) is 0 Å². The SMILES string of the molecule is CC(C)CNCCc1ccc([N+](=O)[O-])s1. The minimum atomic E-state index is -0.338. The van der Waals surface area contributed by atoms with Crippen LogP contribution in [0.15, 0.2) is 12.1 Å².